The lowest BCUT2D eigenvalue weighted by atomic mass is 10.6. The summed E-state index contributed by atoms with van der Waals surface area (Å²) in [7, 11) is 0. The third-order valence-electron chi connectivity index (χ3n) is 0.399. The van der Waals surface area contributed by atoms with Crippen LogP contribution in [-0.4, -0.2) is 12.6 Å². The Hall–Kier alpha value is -1.06. The fraction of sp³-hybridized carbons (Fsp3) is 0.400. The van der Waals surface area contributed by atoms with Gasteiger partial charge < -0.3 is 0 Å². The van der Waals surface area contributed by atoms with E-state index in [2.05, 4.69) is 16.8 Å². The molecule has 0 aromatic rings. The Balaban J connectivity index is 3.27. The first-order valence-electron chi connectivity index (χ1n) is 1.85. The summed E-state index contributed by atoms with van der Waals surface area (Å²) in [6.07, 6.45) is 1.38. The van der Waals surface area contributed by atoms with E-state index in [0.717, 1.165) is 0 Å². The second-order valence-electron chi connectivity index (χ2n) is 0.834. The monoisotopic (exact) mass is 95.0 g/mol. The van der Waals surface area contributed by atoms with E-state index in [1.165, 1.54) is 6.08 Å². The van der Waals surface area contributed by atoms with Crippen LogP contribution in [0, 0.1) is 11.8 Å². The summed E-state index contributed by atoms with van der Waals surface area (Å²) in [6, 6.07) is 0. The summed E-state index contributed by atoms with van der Waals surface area (Å²) < 4.78 is 0. The van der Waals surface area contributed by atoms with Crippen molar-refractivity contribution in [1.82, 2.24) is 0 Å². The molecule has 0 aliphatic carbocycles. The van der Waals surface area contributed by atoms with E-state index in [9.17, 15) is 4.79 Å². The number of hydrogen-bond acceptors (Lipinski definition) is 2. The molecule has 0 unspecified atom stereocenters. The molecule has 0 saturated carbocycles. The predicted octanol–water partition coefficient (Wildman–Crippen LogP) is 0.346. The van der Waals surface area contributed by atoms with Gasteiger partial charge in [0.1, 0.15) is 6.54 Å². The quantitative estimate of drug-likeness (QED) is 0.262. The molecule has 0 N–H and O–H groups in total. The molecule has 7 heavy (non-hydrogen) atoms. The summed E-state index contributed by atoms with van der Waals surface area (Å²) in [6.45, 7) is 1.97. The number of carbonyl (C=O) groups excluding carboxylic acids is 1. The molecule has 0 aliphatic rings. The molecule has 0 fully saturated rings. The van der Waals surface area contributed by atoms with Crippen LogP contribution in [0.2, 0.25) is 0 Å². The van der Waals surface area contributed by atoms with Crippen molar-refractivity contribution in [2.45, 2.75) is 6.92 Å². The van der Waals surface area contributed by atoms with Crippen LogP contribution in [-0.2, 0) is 4.79 Å². The lowest BCUT2D eigenvalue weighted by Gasteiger charge is -1.63. The molecule has 0 heterocycles. The standard InChI is InChI=1S/C5H5NO/c1-2-3-4-6-5-7/h4H2,1H3. The smallest absolute Gasteiger partial charge is 0.211 e. The third kappa shape index (κ3) is 4.94. The highest BCUT2D eigenvalue weighted by molar-refractivity contribution is 5.33. The Kier molecular flexibility index (Phi) is 4.19. The van der Waals surface area contributed by atoms with Gasteiger partial charge in [0.15, 0.2) is 0 Å². The van der Waals surface area contributed by atoms with Crippen LogP contribution in [0.4, 0.5) is 0 Å². The highest BCUT2D eigenvalue weighted by atomic mass is 16.1. The van der Waals surface area contributed by atoms with Crippen molar-refractivity contribution in [2.75, 3.05) is 6.54 Å². The zero-order chi connectivity index (χ0) is 5.54. The van der Waals surface area contributed by atoms with Crippen molar-refractivity contribution in [3.05, 3.63) is 0 Å². The second-order valence-corrected chi connectivity index (χ2v) is 0.834. The summed E-state index contributed by atoms with van der Waals surface area (Å²) in [5.41, 5.74) is 0. The van der Waals surface area contributed by atoms with Gasteiger partial charge in [-0.3, -0.25) is 0 Å². The number of nitrogens with zero attached hydrogens (tertiary/aromatic N) is 1. The van der Waals surface area contributed by atoms with Crippen molar-refractivity contribution in [3.63, 3.8) is 0 Å². The predicted molar refractivity (Wildman–Crippen MR) is 26.4 cm³/mol. The van der Waals surface area contributed by atoms with Gasteiger partial charge in [0, 0.05) is 0 Å². The molecule has 2 heteroatoms. The van der Waals surface area contributed by atoms with Gasteiger partial charge in [-0.15, -0.1) is 5.92 Å². The molecule has 0 bridgehead atoms. The largest absolute Gasteiger partial charge is 0.235 e. The van der Waals surface area contributed by atoms with Crippen molar-refractivity contribution in [1.29, 1.82) is 0 Å². The average Bonchev–Trinajstić information content (AvgIpc) is 1.69. The van der Waals surface area contributed by atoms with Crippen LogP contribution in [0.25, 0.3) is 0 Å². The molecular weight excluding hydrogens is 90.1 g/mol. The lowest BCUT2D eigenvalue weighted by molar-refractivity contribution is 0.564. The molecule has 0 radical (unpaired) electrons. The fourth-order valence-corrected chi connectivity index (χ4v) is 0.151. The van der Waals surface area contributed by atoms with Crippen LogP contribution in [0.3, 0.4) is 0 Å². The fourth-order valence-electron chi connectivity index (χ4n) is 0.151. The SMILES string of the molecule is CC#CCN=C=O. The zero-order valence-corrected chi connectivity index (χ0v) is 4.06. The van der Waals surface area contributed by atoms with E-state index in [-0.39, 0.29) is 6.54 Å². The number of rotatable bonds is 1. The van der Waals surface area contributed by atoms with E-state index >= 15 is 0 Å². The Morgan fingerprint density at radius 2 is 2.43 bits per heavy atom. The van der Waals surface area contributed by atoms with E-state index in [1.807, 2.05) is 0 Å². The Bertz CT molecular complexity index is 134. The Morgan fingerprint density at radius 3 is 2.86 bits per heavy atom. The first-order chi connectivity index (χ1) is 3.41. The topological polar surface area (TPSA) is 29.4 Å². The van der Waals surface area contributed by atoms with Crippen LogP contribution >= 0.6 is 0 Å². The van der Waals surface area contributed by atoms with Gasteiger partial charge in [0.2, 0.25) is 6.08 Å². The molecular formula is C5H5NO. The van der Waals surface area contributed by atoms with Crippen molar-refractivity contribution in [2.24, 2.45) is 4.99 Å². The lowest BCUT2D eigenvalue weighted by Crippen LogP contribution is -1.66. The van der Waals surface area contributed by atoms with Gasteiger partial charge >= 0.3 is 0 Å². The molecule has 0 amide bonds. The molecule has 0 aromatic carbocycles. The molecule has 0 saturated heterocycles. The van der Waals surface area contributed by atoms with Gasteiger partial charge in [0.05, 0.1) is 0 Å². The normalized spacial score (nSPS) is 5.29. The highest BCUT2D eigenvalue weighted by Gasteiger charge is 1.60. The third-order valence-corrected chi connectivity index (χ3v) is 0.399. The highest BCUT2D eigenvalue weighted by Crippen LogP contribution is 1.58. The molecule has 36 valence electrons. The van der Waals surface area contributed by atoms with Crippen LogP contribution < -0.4 is 0 Å². The summed E-state index contributed by atoms with van der Waals surface area (Å²) >= 11 is 0. The minimum absolute atomic E-state index is 0.278. The molecule has 0 spiro atoms. The first-order valence-corrected chi connectivity index (χ1v) is 1.85. The maximum absolute atomic E-state index is 9.32. The molecule has 0 rings (SSSR count). The van der Waals surface area contributed by atoms with E-state index in [1.54, 1.807) is 6.92 Å². The Morgan fingerprint density at radius 1 is 1.71 bits per heavy atom. The molecule has 0 aromatic heterocycles. The number of isocyanates is 1. The van der Waals surface area contributed by atoms with Crippen molar-refractivity contribution >= 4 is 6.08 Å². The minimum Gasteiger partial charge on any atom is -0.211 e. The maximum atomic E-state index is 9.32. The molecule has 0 aliphatic heterocycles. The van der Waals surface area contributed by atoms with Crippen LogP contribution in [0.5, 0.6) is 0 Å². The summed E-state index contributed by atoms with van der Waals surface area (Å²) in [5, 5.41) is 0. The van der Waals surface area contributed by atoms with Crippen molar-refractivity contribution < 1.29 is 4.79 Å². The number of aliphatic imine (C=N–C) groups is 1. The van der Waals surface area contributed by atoms with Gasteiger partial charge in [-0.25, -0.2) is 4.79 Å². The minimum atomic E-state index is 0.278. The van der Waals surface area contributed by atoms with Crippen LogP contribution in [0.1, 0.15) is 6.92 Å². The van der Waals surface area contributed by atoms with E-state index in [4.69, 9.17) is 0 Å². The maximum Gasteiger partial charge on any atom is 0.235 e. The Labute approximate surface area is 42.3 Å². The zero-order valence-electron chi connectivity index (χ0n) is 4.06. The number of hydrogen-bond donors (Lipinski definition) is 0. The van der Waals surface area contributed by atoms with Gasteiger partial charge in [-0.1, -0.05) is 5.92 Å². The van der Waals surface area contributed by atoms with Gasteiger partial charge in [-0.05, 0) is 6.92 Å². The molecule has 0 atom stereocenters. The van der Waals surface area contributed by atoms with Gasteiger partial charge in [-0.2, -0.15) is 4.99 Å². The van der Waals surface area contributed by atoms with Crippen molar-refractivity contribution in [3.8, 4) is 11.8 Å². The average molecular weight is 95.1 g/mol. The first kappa shape index (κ1) is 5.94. The summed E-state index contributed by atoms with van der Waals surface area (Å²) in [5.74, 6) is 5.15. The summed E-state index contributed by atoms with van der Waals surface area (Å²) in [4.78, 5) is 12.5. The molecule has 2 nitrogen and oxygen atoms in total. The van der Waals surface area contributed by atoms with E-state index in [0.29, 0.717) is 0 Å². The van der Waals surface area contributed by atoms with E-state index < -0.39 is 0 Å². The van der Waals surface area contributed by atoms with Gasteiger partial charge in [0.25, 0.3) is 0 Å². The second kappa shape index (κ2) is 4.94. The van der Waals surface area contributed by atoms with Crippen LogP contribution in [0.15, 0.2) is 4.99 Å².